The van der Waals surface area contributed by atoms with Gasteiger partial charge in [-0.15, -0.1) is 0 Å². The van der Waals surface area contributed by atoms with Crippen molar-refractivity contribution in [3.63, 3.8) is 0 Å². The molecule has 1 unspecified atom stereocenters. The minimum absolute atomic E-state index is 0.214. The fraction of sp³-hybridized carbons (Fsp3) is 0.692. The van der Waals surface area contributed by atoms with Gasteiger partial charge in [-0.2, -0.15) is 5.10 Å². The van der Waals surface area contributed by atoms with Crippen LogP contribution in [0.1, 0.15) is 38.3 Å². The molecular formula is C13H21N3O2. The molecule has 1 aliphatic rings. The Labute approximate surface area is 108 Å². The van der Waals surface area contributed by atoms with E-state index >= 15 is 0 Å². The van der Waals surface area contributed by atoms with Crippen molar-refractivity contribution in [3.05, 3.63) is 18.0 Å². The second-order valence-corrected chi connectivity index (χ2v) is 4.67. The van der Waals surface area contributed by atoms with Crippen LogP contribution in [0.2, 0.25) is 0 Å². The zero-order valence-corrected chi connectivity index (χ0v) is 11.1. The van der Waals surface area contributed by atoms with E-state index in [0.29, 0.717) is 6.61 Å². The van der Waals surface area contributed by atoms with Gasteiger partial charge >= 0.3 is 5.97 Å². The van der Waals surface area contributed by atoms with Crippen LogP contribution in [0.5, 0.6) is 0 Å². The molecule has 1 atom stereocenters. The van der Waals surface area contributed by atoms with Crippen LogP contribution in [-0.4, -0.2) is 28.9 Å². The zero-order valence-electron chi connectivity index (χ0n) is 11.1. The molecule has 100 valence electrons. The smallest absolute Gasteiger partial charge is 0.327 e. The van der Waals surface area contributed by atoms with Gasteiger partial charge in [0.1, 0.15) is 6.04 Å². The van der Waals surface area contributed by atoms with Gasteiger partial charge in [-0.1, -0.05) is 0 Å². The van der Waals surface area contributed by atoms with Crippen LogP contribution in [0.4, 0.5) is 0 Å². The van der Waals surface area contributed by atoms with Crippen molar-refractivity contribution in [2.75, 3.05) is 13.2 Å². The first-order valence-electron chi connectivity index (χ1n) is 6.67. The van der Waals surface area contributed by atoms with Crippen LogP contribution < -0.4 is 5.32 Å². The number of aromatic nitrogens is 2. The lowest BCUT2D eigenvalue weighted by Gasteiger charge is -2.15. The molecule has 0 saturated heterocycles. The molecular weight excluding hydrogens is 230 g/mol. The Morgan fingerprint density at radius 1 is 1.61 bits per heavy atom. The molecule has 0 aromatic carbocycles. The van der Waals surface area contributed by atoms with Crippen LogP contribution in [0.3, 0.4) is 0 Å². The minimum Gasteiger partial charge on any atom is -0.465 e. The van der Waals surface area contributed by atoms with Crippen molar-refractivity contribution in [2.24, 2.45) is 5.92 Å². The number of nitrogens with one attached hydrogen (secondary N) is 1. The van der Waals surface area contributed by atoms with Gasteiger partial charge in [0.2, 0.25) is 0 Å². The summed E-state index contributed by atoms with van der Waals surface area (Å²) in [4.78, 5) is 12.0. The number of hydrogen-bond donors (Lipinski definition) is 1. The summed E-state index contributed by atoms with van der Waals surface area (Å²) in [5.74, 6) is 0.511. The van der Waals surface area contributed by atoms with E-state index in [9.17, 15) is 4.79 Å². The van der Waals surface area contributed by atoms with Crippen LogP contribution in [0.15, 0.2) is 12.4 Å². The van der Waals surface area contributed by atoms with Crippen LogP contribution in [0.25, 0.3) is 0 Å². The lowest BCUT2D eigenvalue weighted by atomic mass is 10.1. The minimum atomic E-state index is -0.383. The molecule has 0 spiro atoms. The van der Waals surface area contributed by atoms with Crippen molar-refractivity contribution >= 4 is 5.97 Å². The molecule has 1 heterocycles. The Kier molecular flexibility index (Phi) is 4.36. The number of rotatable bonds is 7. The lowest BCUT2D eigenvalue weighted by Crippen LogP contribution is -2.31. The van der Waals surface area contributed by atoms with Crippen molar-refractivity contribution in [1.29, 1.82) is 0 Å². The zero-order chi connectivity index (χ0) is 13.0. The predicted octanol–water partition coefficient (Wildman–Crippen LogP) is 1.51. The van der Waals surface area contributed by atoms with Gasteiger partial charge in [-0.25, -0.2) is 4.79 Å². The molecule has 0 amide bonds. The molecule has 1 aromatic heterocycles. The maximum atomic E-state index is 12.0. The van der Waals surface area contributed by atoms with Crippen molar-refractivity contribution in [3.8, 4) is 0 Å². The standard InChI is InChI=1S/C13H21N3O2/c1-3-16-9-11(8-15-16)12(13(17)18-4-2)14-7-10-5-6-10/h8-10,12,14H,3-7H2,1-2H3. The van der Waals surface area contributed by atoms with Gasteiger partial charge in [-0.3, -0.25) is 4.68 Å². The lowest BCUT2D eigenvalue weighted by molar-refractivity contribution is -0.145. The third kappa shape index (κ3) is 3.32. The van der Waals surface area contributed by atoms with Crippen molar-refractivity contribution in [1.82, 2.24) is 15.1 Å². The first-order valence-corrected chi connectivity index (χ1v) is 6.67. The highest BCUT2D eigenvalue weighted by Gasteiger charge is 2.27. The number of carbonyl (C=O) groups is 1. The first-order chi connectivity index (χ1) is 8.74. The molecule has 1 aromatic rings. The predicted molar refractivity (Wildman–Crippen MR) is 68.0 cm³/mol. The summed E-state index contributed by atoms with van der Waals surface area (Å²) in [5, 5.41) is 7.50. The molecule has 5 heteroatoms. The average Bonchev–Trinajstić information content (AvgIpc) is 3.06. The van der Waals surface area contributed by atoms with E-state index in [2.05, 4.69) is 10.4 Å². The van der Waals surface area contributed by atoms with Crippen LogP contribution in [0, 0.1) is 5.92 Å². The monoisotopic (exact) mass is 251 g/mol. The maximum Gasteiger partial charge on any atom is 0.327 e. The highest BCUT2D eigenvalue weighted by Crippen LogP contribution is 2.28. The summed E-state index contributed by atoms with van der Waals surface area (Å²) >= 11 is 0. The van der Waals surface area contributed by atoms with Gasteiger partial charge in [0, 0.05) is 18.3 Å². The molecule has 2 rings (SSSR count). The van der Waals surface area contributed by atoms with Gasteiger partial charge in [0.05, 0.1) is 12.8 Å². The summed E-state index contributed by atoms with van der Waals surface area (Å²) in [6, 6.07) is -0.383. The molecule has 1 saturated carbocycles. The Bertz CT molecular complexity index is 399. The molecule has 1 fully saturated rings. The van der Waals surface area contributed by atoms with E-state index in [4.69, 9.17) is 4.74 Å². The third-order valence-corrected chi connectivity index (χ3v) is 3.14. The molecule has 0 aliphatic heterocycles. The number of ether oxygens (including phenoxy) is 1. The number of aryl methyl sites for hydroxylation is 1. The number of esters is 1. The Morgan fingerprint density at radius 3 is 2.94 bits per heavy atom. The molecule has 5 nitrogen and oxygen atoms in total. The Morgan fingerprint density at radius 2 is 2.39 bits per heavy atom. The van der Waals surface area contributed by atoms with E-state index in [0.717, 1.165) is 24.6 Å². The highest BCUT2D eigenvalue weighted by molar-refractivity contribution is 5.77. The van der Waals surface area contributed by atoms with E-state index in [1.165, 1.54) is 12.8 Å². The number of hydrogen-bond acceptors (Lipinski definition) is 4. The topological polar surface area (TPSA) is 56.1 Å². The van der Waals surface area contributed by atoms with E-state index in [1.807, 2.05) is 24.7 Å². The molecule has 18 heavy (non-hydrogen) atoms. The van der Waals surface area contributed by atoms with E-state index in [-0.39, 0.29) is 12.0 Å². The normalized spacial score (nSPS) is 16.6. The van der Waals surface area contributed by atoms with Gasteiger partial charge in [-0.05, 0) is 39.2 Å². The van der Waals surface area contributed by atoms with E-state index < -0.39 is 0 Å². The Hall–Kier alpha value is -1.36. The summed E-state index contributed by atoms with van der Waals surface area (Å²) in [6.45, 7) is 5.93. The van der Waals surface area contributed by atoms with Gasteiger partial charge in [0.25, 0.3) is 0 Å². The molecule has 0 radical (unpaired) electrons. The maximum absolute atomic E-state index is 12.0. The van der Waals surface area contributed by atoms with Gasteiger partial charge < -0.3 is 10.1 Å². The second-order valence-electron chi connectivity index (χ2n) is 4.67. The molecule has 0 bridgehead atoms. The molecule has 1 N–H and O–H groups in total. The van der Waals surface area contributed by atoms with Crippen LogP contribution >= 0.6 is 0 Å². The quantitative estimate of drug-likeness (QED) is 0.746. The van der Waals surface area contributed by atoms with Crippen molar-refractivity contribution < 1.29 is 9.53 Å². The Balaban J connectivity index is 2.03. The summed E-state index contributed by atoms with van der Waals surface area (Å²) in [6.07, 6.45) is 6.17. The summed E-state index contributed by atoms with van der Waals surface area (Å²) in [5.41, 5.74) is 0.885. The van der Waals surface area contributed by atoms with E-state index in [1.54, 1.807) is 6.20 Å². The fourth-order valence-corrected chi connectivity index (χ4v) is 1.87. The van der Waals surface area contributed by atoms with Crippen LogP contribution in [-0.2, 0) is 16.1 Å². The largest absolute Gasteiger partial charge is 0.465 e. The third-order valence-electron chi connectivity index (χ3n) is 3.14. The molecule has 1 aliphatic carbocycles. The van der Waals surface area contributed by atoms with Gasteiger partial charge in [0.15, 0.2) is 0 Å². The summed E-state index contributed by atoms with van der Waals surface area (Å²) < 4.78 is 6.94. The number of carbonyl (C=O) groups excluding carboxylic acids is 1. The first kappa shape index (κ1) is 13.1. The number of nitrogens with zero attached hydrogens (tertiary/aromatic N) is 2. The summed E-state index contributed by atoms with van der Waals surface area (Å²) in [7, 11) is 0. The fourth-order valence-electron chi connectivity index (χ4n) is 1.87. The average molecular weight is 251 g/mol. The highest BCUT2D eigenvalue weighted by atomic mass is 16.5. The second kappa shape index (κ2) is 6.00. The SMILES string of the molecule is CCOC(=O)C(NCC1CC1)c1cnn(CC)c1. The van der Waals surface area contributed by atoms with Crippen molar-refractivity contribution in [2.45, 2.75) is 39.3 Å².